The van der Waals surface area contributed by atoms with E-state index in [1.807, 2.05) is 0 Å². The minimum Gasteiger partial charge on any atom is -0.465 e. The molecule has 1 fully saturated rings. The first-order valence-electron chi connectivity index (χ1n) is 5.94. The van der Waals surface area contributed by atoms with Crippen LogP contribution in [0.5, 0.6) is 0 Å². The van der Waals surface area contributed by atoms with Crippen molar-refractivity contribution < 1.29 is 14.6 Å². The van der Waals surface area contributed by atoms with E-state index < -0.39 is 12.1 Å². The topological polar surface area (TPSA) is 75.2 Å². The standard InChI is InChI=1S/C13H14N2O3/c1-18-13(17)8-4-5-14-9-6-10(15-11(8)9)12(16)7-2-3-7/h4-7,12,15-16H,2-3H2,1H3. The Kier molecular flexibility index (Phi) is 2.56. The highest BCUT2D eigenvalue weighted by molar-refractivity contribution is 6.01. The van der Waals surface area contributed by atoms with Gasteiger partial charge in [0, 0.05) is 11.9 Å². The molecule has 2 aromatic heterocycles. The Balaban J connectivity index is 2.07. The summed E-state index contributed by atoms with van der Waals surface area (Å²) < 4.78 is 4.72. The summed E-state index contributed by atoms with van der Waals surface area (Å²) in [6.45, 7) is 0. The second-order valence-corrected chi connectivity index (χ2v) is 4.62. The number of hydrogen-bond donors (Lipinski definition) is 2. The molecular weight excluding hydrogens is 232 g/mol. The van der Waals surface area contributed by atoms with Gasteiger partial charge in [-0.05, 0) is 30.9 Å². The molecule has 0 aliphatic heterocycles. The number of fused-ring (bicyclic) bond motifs is 1. The molecule has 1 aliphatic carbocycles. The molecule has 2 heterocycles. The minimum absolute atomic E-state index is 0.333. The van der Waals surface area contributed by atoms with Gasteiger partial charge in [-0.15, -0.1) is 0 Å². The van der Waals surface area contributed by atoms with Crippen molar-refractivity contribution in [3.05, 3.63) is 29.6 Å². The number of hydrogen-bond acceptors (Lipinski definition) is 4. The number of aromatic nitrogens is 2. The van der Waals surface area contributed by atoms with E-state index in [2.05, 4.69) is 9.97 Å². The van der Waals surface area contributed by atoms with E-state index in [9.17, 15) is 9.90 Å². The van der Waals surface area contributed by atoms with Gasteiger partial charge in [0.15, 0.2) is 0 Å². The normalized spacial score (nSPS) is 16.8. The van der Waals surface area contributed by atoms with Crippen molar-refractivity contribution in [2.75, 3.05) is 7.11 Å². The highest BCUT2D eigenvalue weighted by Crippen LogP contribution is 2.41. The third-order valence-corrected chi connectivity index (χ3v) is 3.33. The molecule has 3 rings (SSSR count). The number of methoxy groups -OCH3 is 1. The fourth-order valence-corrected chi connectivity index (χ4v) is 2.15. The molecule has 94 valence electrons. The zero-order valence-corrected chi connectivity index (χ0v) is 10.0. The predicted molar refractivity (Wildman–Crippen MR) is 65.1 cm³/mol. The van der Waals surface area contributed by atoms with Crippen LogP contribution in [0.25, 0.3) is 11.0 Å². The summed E-state index contributed by atoms with van der Waals surface area (Å²) in [5.74, 6) is -0.0728. The van der Waals surface area contributed by atoms with Crippen LogP contribution in [0.2, 0.25) is 0 Å². The summed E-state index contributed by atoms with van der Waals surface area (Å²) in [4.78, 5) is 18.9. The number of ether oxygens (including phenoxy) is 1. The lowest BCUT2D eigenvalue weighted by Gasteiger charge is -2.05. The van der Waals surface area contributed by atoms with Crippen LogP contribution in [0.3, 0.4) is 0 Å². The van der Waals surface area contributed by atoms with Crippen LogP contribution in [0.4, 0.5) is 0 Å². The zero-order valence-electron chi connectivity index (χ0n) is 10.0. The van der Waals surface area contributed by atoms with Gasteiger partial charge in [-0.1, -0.05) is 0 Å². The first-order valence-corrected chi connectivity index (χ1v) is 5.94. The van der Waals surface area contributed by atoms with Crippen molar-refractivity contribution in [1.29, 1.82) is 0 Å². The number of pyridine rings is 1. The molecule has 5 nitrogen and oxygen atoms in total. The van der Waals surface area contributed by atoms with E-state index in [1.54, 1.807) is 18.3 Å². The summed E-state index contributed by atoms with van der Waals surface area (Å²) in [5, 5.41) is 10.1. The average Bonchev–Trinajstić information content (AvgIpc) is 3.14. The van der Waals surface area contributed by atoms with Crippen molar-refractivity contribution in [3.8, 4) is 0 Å². The van der Waals surface area contributed by atoms with Gasteiger partial charge in [-0.3, -0.25) is 4.98 Å². The number of aromatic amines is 1. The van der Waals surface area contributed by atoms with E-state index in [4.69, 9.17) is 4.74 Å². The molecule has 5 heteroatoms. The van der Waals surface area contributed by atoms with Crippen molar-refractivity contribution in [3.63, 3.8) is 0 Å². The maximum atomic E-state index is 11.6. The van der Waals surface area contributed by atoms with E-state index in [-0.39, 0.29) is 0 Å². The van der Waals surface area contributed by atoms with Crippen LogP contribution in [0.15, 0.2) is 18.3 Å². The predicted octanol–water partition coefficient (Wildman–Crippen LogP) is 1.79. The number of aliphatic hydroxyl groups is 1. The average molecular weight is 246 g/mol. The third-order valence-electron chi connectivity index (χ3n) is 3.33. The number of H-pyrrole nitrogens is 1. The Morgan fingerprint density at radius 2 is 2.39 bits per heavy atom. The van der Waals surface area contributed by atoms with Crippen LogP contribution in [-0.4, -0.2) is 28.2 Å². The maximum Gasteiger partial charge on any atom is 0.340 e. The quantitative estimate of drug-likeness (QED) is 0.810. The summed E-state index contributed by atoms with van der Waals surface area (Å²) >= 11 is 0. The lowest BCUT2D eigenvalue weighted by molar-refractivity contribution is 0.0602. The van der Waals surface area contributed by atoms with E-state index in [1.165, 1.54) is 7.11 Å². The number of aliphatic hydroxyl groups excluding tert-OH is 1. The van der Waals surface area contributed by atoms with E-state index in [0.29, 0.717) is 22.5 Å². The van der Waals surface area contributed by atoms with E-state index in [0.717, 1.165) is 18.5 Å². The molecule has 1 aliphatic rings. The van der Waals surface area contributed by atoms with Crippen LogP contribution in [0.1, 0.15) is 35.0 Å². The van der Waals surface area contributed by atoms with Crippen molar-refractivity contribution in [1.82, 2.24) is 9.97 Å². The number of carbonyl (C=O) groups excluding carboxylic acids is 1. The number of rotatable bonds is 3. The van der Waals surface area contributed by atoms with E-state index >= 15 is 0 Å². The Morgan fingerprint density at radius 3 is 3.06 bits per heavy atom. The molecule has 0 saturated heterocycles. The Labute approximate surface area is 104 Å². The molecule has 2 N–H and O–H groups in total. The van der Waals surface area contributed by atoms with Crippen LogP contribution < -0.4 is 0 Å². The Morgan fingerprint density at radius 1 is 1.61 bits per heavy atom. The van der Waals surface area contributed by atoms with Gasteiger partial charge in [-0.2, -0.15) is 0 Å². The van der Waals surface area contributed by atoms with Crippen molar-refractivity contribution in [2.45, 2.75) is 18.9 Å². The van der Waals surface area contributed by atoms with Gasteiger partial charge in [0.25, 0.3) is 0 Å². The SMILES string of the molecule is COC(=O)c1ccnc2cc(C(O)C3CC3)[nH]c12. The van der Waals surface area contributed by atoms with Gasteiger partial charge in [0.2, 0.25) is 0 Å². The zero-order chi connectivity index (χ0) is 12.7. The first kappa shape index (κ1) is 11.2. The minimum atomic E-state index is -0.496. The molecule has 18 heavy (non-hydrogen) atoms. The highest BCUT2D eigenvalue weighted by atomic mass is 16.5. The molecular formula is C13H14N2O3. The van der Waals surface area contributed by atoms with Gasteiger partial charge in [-0.25, -0.2) is 4.79 Å². The summed E-state index contributed by atoms with van der Waals surface area (Å²) in [6, 6.07) is 3.41. The van der Waals surface area contributed by atoms with Crippen molar-refractivity contribution in [2.24, 2.45) is 5.92 Å². The van der Waals surface area contributed by atoms with Crippen LogP contribution >= 0.6 is 0 Å². The fourth-order valence-electron chi connectivity index (χ4n) is 2.15. The first-order chi connectivity index (χ1) is 8.70. The van der Waals surface area contributed by atoms with Gasteiger partial charge in [0.05, 0.1) is 29.8 Å². The maximum absolute atomic E-state index is 11.6. The number of carbonyl (C=O) groups is 1. The lowest BCUT2D eigenvalue weighted by atomic mass is 10.2. The molecule has 0 radical (unpaired) electrons. The Bertz CT molecular complexity index is 601. The smallest absolute Gasteiger partial charge is 0.340 e. The molecule has 0 amide bonds. The summed E-state index contributed by atoms with van der Waals surface area (Å²) in [7, 11) is 1.34. The fraction of sp³-hybridized carbons (Fsp3) is 0.385. The number of esters is 1. The van der Waals surface area contributed by atoms with Gasteiger partial charge < -0.3 is 14.8 Å². The number of nitrogens with zero attached hydrogens (tertiary/aromatic N) is 1. The molecule has 1 saturated carbocycles. The number of nitrogens with one attached hydrogen (secondary N) is 1. The largest absolute Gasteiger partial charge is 0.465 e. The molecule has 1 atom stereocenters. The summed E-state index contributed by atoms with van der Waals surface area (Å²) in [6.07, 6.45) is 3.17. The molecule has 0 bridgehead atoms. The molecule has 0 spiro atoms. The molecule has 1 unspecified atom stereocenters. The lowest BCUT2D eigenvalue weighted by Crippen LogP contribution is -2.03. The van der Waals surface area contributed by atoms with Crippen molar-refractivity contribution >= 4 is 17.0 Å². The van der Waals surface area contributed by atoms with Crippen LogP contribution in [0, 0.1) is 5.92 Å². The second-order valence-electron chi connectivity index (χ2n) is 4.62. The Hall–Kier alpha value is -1.88. The summed E-state index contributed by atoms with van der Waals surface area (Å²) in [5.41, 5.74) is 2.46. The van der Waals surface area contributed by atoms with Crippen LogP contribution in [-0.2, 0) is 4.74 Å². The highest BCUT2D eigenvalue weighted by Gasteiger charge is 2.32. The van der Waals surface area contributed by atoms with Gasteiger partial charge in [0.1, 0.15) is 0 Å². The monoisotopic (exact) mass is 246 g/mol. The third kappa shape index (κ3) is 1.76. The van der Waals surface area contributed by atoms with Gasteiger partial charge >= 0.3 is 5.97 Å². The second kappa shape index (κ2) is 4.10. The molecule has 0 aromatic carbocycles. The molecule has 2 aromatic rings.